The van der Waals surface area contributed by atoms with Crippen LogP contribution >= 0.6 is 0 Å². The van der Waals surface area contributed by atoms with Gasteiger partial charge in [0.2, 0.25) is 0 Å². The van der Waals surface area contributed by atoms with E-state index in [4.69, 9.17) is 9.47 Å². The van der Waals surface area contributed by atoms with Crippen molar-refractivity contribution in [3.8, 4) is 11.5 Å². The summed E-state index contributed by atoms with van der Waals surface area (Å²) in [4.78, 5) is 0. The van der Waals surface area contributed by atoms with Crippen molar-refractivity contribution in [2.24, 2.45) is 5.92 Å². The zero-order valence-corrected chi connectivity index (χ0v) is 12.0. The van der Waals surface area contributed by atoms with Crippen LogP contribution in [0.15, 0.2) is 24.3 Å². The van der Waals surface area contributed by atoms with Crippen molar-refractivity contribution in [3.05, 3.63) is 24.3 Å². The molecule has 0 aliphatic heterocycles. The molecular formula is C16H25NO2. The highest BCUT2D eigenvalue weighted by Crippen LogP contribution is 2.26. The molecule has 0 spiro atoms. The van der Waals surface area contributed by atoms with Gasteiger partial charge in [-0.25, -0.2) is 0 Å². The van der Waals surface area contributed by atoms with Gasteiger partial charge in [0.1, 0.15) is 0 Å². The third-order valence-electron chi connectivity index (χ3n) is 3.80. The topological polar surface area (TPSA) is 30.5 Å². The molecule has 1 fully saturated rings. The fourth-order valence-corrected chi connectivity index (χ4v) is 2.19. The summed E-state index contributed by atoms with van der Waals surface area (Å²) in [7, 11) is 1.67. The lowest BCUT2D eigenvalue weighted by atomic mass is 9.92. The Balaban J connectivity index is 1.64. The lowest BCUT2D eigenvalue weighted by molar-refractivity contribution is 0.255. The van der Waals surface area contributed by atoms with Crippen LogP contribution in [0.25, 0.3) is 0 Å². The minimum absolute atomic E-state index is 0.648. The Labute approximate surface area is 116 Å². The summed E-state index contributed by atoms with van der Waals surface area (Å²) in [6.45, 7) is 4.12. The quantitative estimate of drug-likeness (QED) is 0.781. The molecule has 1 aliphatic carbocycles. The Morgan fingerprint density at radius 3 is 2.63 bits per heavy atom. The molecule has 1 aromatic rings. The van der Waals surface area contributed by atoms with E-state index in [1.807, 2.05) is 24.3 Å². The van der Waals surface area contributed by atoms with Gasteiger partial charge >= 0.3 is 0 Å². The van der Waals surface area contributed by atoms with Gasteiger partial charge in [-0.2, -0.15) is 0 Å². The molecule has 3 heteroatoms. The fourth-order valence-electron chi connectivity index (χ4n) is 2.19. The SMILES string of the molecule is COc1ccccc1OCCC(C)CNC1CCC1. The van der Waals surface area contributed by atoms with E-state index in [0.717, 1.165) is 37.1 Å². The minimum atomic E-state index is 0.648. The summed E-state index contributed by atoms with van der Waals surface area (Å²) in [5.74, 6) is 2.29. The first-order chi connectivity index (χ1) is 9.29. The Kier molecular flexibility index (Phi) is 5.52. The molecular weight excluding hydrogens is 238 g/mol. The average Bonchev–Trinajstić information content (AvgIpc) is 2.37. The molecule has 0 bridgehead atoms. The predicted octanol–water partition coefficient (Wildman–Crippen LogP) is 3.24. The summed E-state index contributed by atoms with van der Waals surface area (Å²) < 4.78 is 11.1. The van der Waals surface area contributed by atoms with Gasteiger partial charge in [0.05, 0.1) is 13.7 Å². The monoisotopic (exact) mass is 263 g/mol. The third-order valence-corrected chi connectivity index (χ3v) is 3.80. The van der Waals surface area contributed by atoms with Gasteiger partial charge in [0, 0.05) is 6.04 Å². The predicted molar refractivity (Wildman–Crippen MR) is 77.9 cm³/mol. The van der Waals surface area contributed by atoms with E-state index in [1.54, 1.807) is 7.11 Å². The van der Waals surface area contributed by atoms with Crippen molar-refractivity contribution in [1.29, 1.82) is 0 Å². The molecule has 1 aliphatic rings. The van der Waals surface area contributed by atoms with Crippen LogP contribution in [-0.4, -0.2) is 26.3 Å². The molecule has 3 nitrogen and oxygen atoms in total. The second-order valence-corrected chi connectivity index (χ2v) is 5.43. The van der Waals surface area contributed by atoms with Crippen LogP contribution < -0.4 is 14.8 Å². The highest BCUT2D eigenvalue weighted by molar-refractivity contribution is 5.39. The zero-order valence-electron chi connectivity index (χ0n) is 12.0. The normalized spacial score (nSPS) is 16.7. The summed E-state index contributed by atoms with van der Waals surface area (Å²) in [6.07, 6.45) is 5.16. The molecule has 0 saturated heterocycles. The molecule has 0 amide bonds. The van der Waals surface area contributed by atoms with Gasteiger partial charge in [0.25, 0.3) is 0 Å². The Morgan fingerprint density at radius 1 is 1.26 bits per heavy atom. The van der Waals surface area contributed by atoms with Crippen molar-refractivity contribution in [3.63, 3.8) is 0 Å². The van der Waals surface area contributed by atoms with E-state index in [0.29, 0.717) is 5.92 Å². The largest absolute Gasteiger partial charge is 0.493 e. The lowest BCUT2D eigenvalue weighted by Crippen LogP contribution is -2.37. The van der Waals surface area contributed by atoms with E-state index in [2.05, 4.69) is 12.2 Å². The number of benzene rings is 1. The smallest absolute Gasteiger partial charge is 0.161 e. The van der Waals surface area contributed by atoms with Crippen LogP contribution in [-0.2, 0) is 0 Å². The van der Waals surface area contributed by atoms with Crippen LogP contribution in [0, 0.1) is 5.92 Å². The lowest BCUT2D eigenvalue weighted by Gasteiger charge is -2.28. The van der Waals surface area contributed by atoms with Gasteiger partial charge < -0.3 is 14.8 Å². The maximum Gasteiger partial charge on any atom is 0.161 e. The molecule has 0 radical (unpaired) electrons. The van der Waals surface area contributed by atoms with Crippen LogP contribution in [0.4, 0.5) is 0 Å². The standard InChI is InChI=1S/C16H25NO2/c1-13(12-17-14-6-5-7-14)10-11-19-16-9-4-3-8-15(16)18-2/h3-4,8-9,13-14,17H,5-7,10-12H2,1-2H3. The van der Waals surface area contributed by atoms with Crippen molar-refractivity contribution >= 4 is 0 Å². The summed E-state index contributed by atoms with van der Waals surface area (Å²) in [5.41, 5.74) is 0. The Bertz CT molecular complexity index is 377. The number of hydrogen-bond acceptors (Lipinski definition) is 3. The van der Waals surface area contributed by atoms with Crippen LogP contribution in [0.1, 0.15) is 32.6 Å². The average molecular weight is 263 g/mol. The molecule has 0 aromatic heterocycles. The zero-order chi connectivity index (χ0) is 13.5. The van der Waals surface area contributed by atoms with E-state index >= 15 is 0 Å². The second-order valence-electron chi connectivity index (χ2n) is 5.43. The minimum Gasteiger partial charge on any atom is -0.493 e. The number of hydrogen-bond donors (Lipinski definition) is 1. The van der Waals surface area contributed by atoms with Crippen LogP contribution in [0.3, 0.4) is 0 Å². The number of nitrogens with one attached hydrogen (secondary N) is 1. The van der Waals surface area contributed by atoms with Crippen molar-refractivity contribution in [2.45, 2.75) is 38.6 Å². The Hall–Kier alpha value is -1.22. The highest BCUT2D eigenvalue weighted by atomic mass is 16.5. The maximum atomic E-state index is 5.79. The van der Waals surface area contributed by atoms with Crippen LogP contribution in [0.2, 0.25) is 0 Å². The van der Waals surface area contributed by atoms with Crippen molar-refractivity contribution < 1.29 is 9.47 Å². The summed E-state index contributed by atoms with van der Waals surface area (Å²) >= 11 is 0. The molecule has 2 rings (SSSR count). The summed E-state index contributed by atoms with van der Waals surface area (Å²) in [6, 6.07) is 8.58. The molecule has 1 aromatic carbocycles. The van der Waals surface area contributed by atoms with Crippen molar-refractivity contribution in [2.75, 3.05) is 20.3 Å². The highest BCUT2D eigenvalue weighted by Gasteiger charge is 2.17. The number of para-hydroxylation sites is 2. The maximum absolute atomic E-state index is 5.79. The van der Waals surface area contributed by atoms with E-state index in [9.17, 15) is 0 Å². The number of rotatable bonds is 8. The van der Waals surface area contributed by atoms with Gasteiger partial charge in [-0.3, -0.25) is 0 Å². The first-order valence-corrected chi connectivity index (χ1v) is 7.29. The van der Waals surface area contributed by atoms with E-state index in [-0.39, 0.29) is 0 Å². The molecule has 1 unspecified atom stereocenters. The molecule has 1 saturated carbocycles. The van der Waals surface area contributed by atoms with Gasteiger partial charge in [-0.15, -0.1) is 0 Å². The molecule has 19 heavy (non-hydrogen) atoms. The Morgan fingerprint density at radius 2 is 2.00 bits per heavy atom. The first-order valence-electron chi connectivity index (χ1n) is 7.29. The van der Waals surface area contributed by atoms with Gasteiger partial charge in [-0.05, 0) is 43.9 Å². The summed E-state index contributed by atoms with van der Waals surface area (Å²) in [5, 5.41) is 3.61. The van der Waals surface area contributed by atoms with Crippen molar-refractivity contribution in [1.82, 2.24) is 5.32 Å². The number of methoxy groups -OCH3 is 1. The third kappa shape index (κ3) is 4.43. The second kappa shape index (κ2) is 7.39. The molecule has 1 atom stereocenters. The van der Waals surface area contributed by atoms with Gasteiger partial charge in [0.15, 0.2) is 11.5 Å². The first kappa shape index (κ1) is 14.2. The van der Waals surface area contributed by atoms with Crippen LogP contribution in [0.5, 0.6) is 11.5 Å². The number of ether oxygens (including phenoxy) is 2. The fraction of sp³-hybridized carbons (Fsp3) is 0.625. The van der Waals surface area contributed by atoms with E-state index in [1.165, 1.54) is 19.3 Å². The van der Waals surface area contributed by atoms with Gasteiger partial charge in [-0.1, -0.05) is 25.5 Å². The molecule has 106 valence electrons. The molecule has 1 N–H and O–H groups in total. The van der Waals surface area contributed by atoms with E-state index < -0.39 is 0 Å². The molecule has 0 heterocycles.